The van der Waals surface area contributed by atoms with Crippen LogP contribution < -0.4 is 11.6 Å². The average molecular weight is 182 g/mol. The van der Waals surface area contributed by atoms with E-state index in [0.717, 1.165) is 11.3 Å². The van der Waals surface area contributed by atoms with Crippen molar-refractivity contribution in [1.82, 2.24) is 4.98 Å². The molecule has 4 nitrogen and oxygen atoms in total. The molecule has 0 spiro atoms. The molecular formula is C7H10N4S. The van der Waals surface area contributed by atoms with Gasteiger partial charge in [-0.25, -0.2) is 0 Å². The predicted molar refractivity (Wildman–Crippen MR) is 51.3 cm³/mol. The molecule has 0 aliphatic carbocycles. The lowest BCUT2D eigenvalue weighted by atomic mass is 10.3. The molecule has 64 valence electrons. The van der Waals surface area contributed by atoms with E-state index in [1.807, 2.05) is 12.1 Å². The molecule has 0 saturated carbocycles. The first-order chi connectivity index (χ1) is 5.83. The normalized spacial score (nSPS) is 11.5. The van der Waals surface area contributed by atoms with E-state index in [1.54, 1.807) is 12.4 Å². The van der Waals surface area contributed by atoms with Crippen LogP contribution >= 0.6 is 11.8 Å². The maximum atomic E-state index is 5.39. The molecule has 0 saturated heterocycles. The van der Waals surface area contributed by atoms with Gasteiger partial charge in [0.25, 0.3) is 0 Å². The van der Waals surface area contributed by atoms with Crippen molar-refractivity contribution in [3.8, 4) is 0 Å². The van der Waals surface area contributed by atoms with Crippen LogP contribution in [0.2, 0.25) is 0 Å². The Bertz CT molecular complexity index is 259. The van der Waals surface area contributed by atoms with Gasteiger partial charge in [-0.2, -0.15) is 5.10 Å². The van der Waals surface area contributed by atoms with Gasteiger partial charge in [-0.15, -0.1) is 0 Å². The number of aromatic nitrogens is 1. The molecule has 12 heavy (non-hydrogen) atoms. The Hall–Kier alpha value is -1.23. The van der Waals surface area contributed by atoms with Crippen LogP contribution in [0.4, 0.5) is 0 Å². The number of rotatable bonds is 2. The summed E-state index contributed by atoms with van der Waals surface area (Å²) in [4.78, 5) is 3.90. The highest BCUT2D eigenvalue weighted by Gasteiger charge is 1.94. The van der Waals surface area contributed by atoms with Crippen molar-refractivity contribution in [2.45, 2.75) is 5.75 Å². The van der Waals surface area contributed by atoms with Gasteiger partial charge >= 0.3 is 0 Å². The van der Waals surface area contributed by atoms with Crippen molar-refractivity contribution in [2.24, 2.45) is 16.7 Å². The van der Waals surface area contributed by atoms with Crippen molar-refractivity contribution in [3.05, 3.63) is 30.1 Å². The van der Waals surface area contributed by atoms with Gasteiger partial charge in [-0.1, -0.05) is 11.8 Å². The molecule has 0 fully saturated rings. The van der Waals surface area contributed by atoms with E-state index in [2.05, 4.69) is 10.1 Å². The van der Waals surface area contributed by atoms with Crippen LogP contribution in [0.15, 0.2) is 29.6 Å². The van der Waals surface area contributed by atoms with E-state index in [1.165, 1.54) is 11.8 Å². The summed E-state index contributed by atoms with van der Waals surface area (Å²) in [5, 5.41) is 3.74. The van der Waals surface area contributed by atoms with Gasteiger partial charge in [-0.05, 0) is 17.7 Å². The Labute approximate surface area is 75.0 Å². The molecule has 1 heterocycles. The first-order valence-corrected chi connectivity index (χ1v) is 4.36. The van der Waals surface area contributed by atoms with Crippen molar-refractivity contribution in [3.63, 3.8) is 0 Å². The Morgan fingerprint density at radius 1 is 1.50 bits per heavy atom. The third-order valence-corrected chi connectivity index (χ3v) is 2.14. The summed E-state index contributed by atoms with van der Waals surface area (Å²) in [5.74, 6) is 5.74. The SMILES string of the molecule is NN=C(N)SCc1ccncc1. The van der Waals surface area contributed by atoms with Gasteiger partial charge in [0, 0.05) is 18.1 Å². The first-order valence-electron chi connectivity index (χ1n) is 3.38. The molecule has 0 amide bonds. The standard InChI is InChI=1S/C7H10N4S/c8-7(11-9)12-5-6-1-3-10-4-2-6/h1-4H,5,9H2,(H2,8,11). The number of pyridine rings is 1. The summed E-state index contributed by atoms with van der Waals surface area (Å²) in [5.41, 5.74) is 6.55. The summed E-state index contributed by atoms with van der Waals surface area (Å²) in [6.45, 7) is 0. The Balaban J connectivity index is 2.44. The fraction of sp³-hybridized carbons (Fsp3) is 0.143. The number of hydrogen-bond donors (Lipinski definition) is 2. The van der Waals surface area contributed by atoms with E-state index in [0.29, 0.717) is 5.17 Å². The minimum absolute atomic E-state index is 0.395. The maximum Gasteiger partial charge on any atom is 0.177 e. The number of hydrogen-bond acceptors (Lipinski definition) is 4. The van der Waals surface area contributed by atoms with Crippen LogP contribution in [0, 0.1) is 0 Å². The summed E-state index contributed by atoms with van der Waals surface area (Å²) in [6.07, 6.45) is 3.48. The molecule has 0 radical (unpaired) electrons. The summed E-state index contributed by atoms with van der Waals surface area (Å²) >= 11 is 1.40. The molecular weight excluding hydrogens is 172 g/mol. The fourth-order valence-electron chi connectivity index (χ4n) is 0.674. The quantitative estimate of drug-likeness (QED) is 0.302. The second-order valence-electron chi connectivity index (χ2n) is 2.11. The lowest BCUT2D eigenvalue weighted by Crippen LogP contribution is -2.09. The van der Waals surface area contributed by atoms with Crippen molar-refractivity contribution in [1.29, 1.82) is 0 Å². The largest absolute Gasteiger partial charge is 0.377 e. The number of nitrogens with zero attached hydrogens (tertiary/aromatic N) is 2. The van der Waals surface area contributed by atoms with Crippen molar-refractivity contribution < 1.29 is 0 Å². The third kappa shape index (κ3) is 2.79. The van der Waals surface area contributed by atoms with E-state index >= 15 is 0 Å². The molecule has 1 aromatic rings. The van der Waals surface area contributed by atoms with Crippen molar-refractivity contribution in [2.75, 3.05) is 0 Å². The maximum absolute atomic E-state index is 5.39. The number of hydrazone groups is 1. The third-order valence-electron chi connectivity index (χ3n) is 1.26. The van der Waals surface area contributed by atoms with Gasteiger partial charge in [-0.3, -0.25) is 4.98 Å². The Kier molecular flexibility index (Phi) is 3.40. The van der Waals surface area contributed by atoms with Gasteiger partial charge in [0.05, 0.1) is 0 Å². The lowest BCUT2D eigenvalue weighted by molar-refractivity contribution is 1.25. The second kappa shape index (κ2) is 4.61. The Morgan fingerprint density at radius 3 is 2.75 bits per heavy atom. The topological polar surface area (TPSA) is 77.3 Å². The fourth-order valence-corrected chi connectivity index (χ4v) is 1.26. The molecule has 1 aromatic heterocycles. The van der Waals surface area contributed by atoms with Crippen LogP contribution in [0.3, 0.4) is 0 Å². The number of amidine groups is 1. The minimum Gasteiger partial charge on any atom is -0.377 e. The lowest BCUT2D eigenvalue weighted by Gasteiger charge is -1.98. The first kappa shape index (κ1) is 8.86. The monoisotopic (exact) mass is 182 g/mol. The zero-order valence-corrected chi connectivity index (χ0v) is 7.29. The molecule has 1 rings (SSSR count). The van der Waals surface area contributed by atoms with Gasteiger partial charge < -0.3 is 11.6 Å². The van der Waals surface area contributed by atoms with Gasteiger partial charge in [0.1, 0.15) is 0 Å². The highest BCUT2D eigenvalue weighted by molar-refractivity contribution is 8.13. The molecule has 0 aliphatic heterocycles. The summed E-state index contributed by atoms with van der Waals surface area (Å²) < 4.78 is 0. The molecule has 0 aliphatic rings. The van der Waals surface area contributed by atoms with E-state index in [-0.39, 0.29) is 0 Å². The number of nitrogens with two attached hydrogens (primary N) is 2. The average Bonchev–Trinajstić information content (AvgIpc) is 2.16. The molecule has 4 N–H and O–H groups in total. The highest BCUT2D eigenvalue weighted by atomic mass is 32.2. The second-order valence-corrected chi connectivity index (χ2v) is 3.11. The Morgan fingerprint density at radius 2 is 2.17 bits per heavy atom. The molecule has 5 heteroatoms. The van der Waals surface area contributed by atoms with E-state index < -0.39 is 0 Å². The molecule has 0 aromatic carbocycles. The summed E-state index contributed by atoms with van der Waals surface area (Å²) in [6, 6.07) is 3.85. The van der Waals surface area contributed by atoms with Crippen LogP contribution in [-0.4, -0.2) is 10.2 Å². The molecule has 0 unspecified atom stereocenters. The number of thioether (sulfide) groups is 1. The zero-order chi connectivity index (χ0) is 8.81. The van der Waals surface area contributed by atoms with Crippen molar-refractivity contribution >= 4 is 16.9 Å². The smallest absolute Gasteiger partial charge is 0.177 e. The zero-order valence-electron chi connectivity index (χ0n) is 6.47. The van der Waals surface area contributed by atoms with Crippen LogP contribution in [0.1, 0.15) is 5.56 Å². The molecule has 0 atom stereocenters. The van der Waals surface area contributed by atoms with Crippen LogP contribution in [-0.2, 0) is 5.75 Å². The van der Waals surface area contributed by atoms with Crippen LogP contribution in [0.5, 0.6) is 0 Å². The molecule has 0 bridgehead atoms. The van der Waals surface area contributed by atoms with E-state index in [9.17, 15) is 0 Å². The van der Waals surface area contributed by atoms with E-state index in [4.69, 9.17) is 11.6 Å². The predicted octanol–water partition coefficient (Wildman–Crippen LogP) is 0.503. The van der Waals surface area contributed by atoms with Crippen LogP contribution in [0.25, 0.3) is 0 Å². The van der Waals surface area contributed by atoms with Gasteiger partial charge in [0.15, 0.2) is 5.17 Å². The summed E-state index contributed by atoms with van der Waals surface area (Å²) in [7, 11) is 0. The van der Waals surface area contributed by atoms with Gasteiger partial charge in [0.2, 0.25) is 0 Å². The highest BCUT2D eigenvalue weighted by Crippen LogP contribution is 2.09. The minimum atomic E-state index is 0.395.